The van der Waals surface area contributed by atoms with Crippen LogP contribution in [0.4, 0.5) is 0 Å². The number of aromatic nitrogens is 1. The van der Waals surface area contributed by atoms with Crippen molar-refractivity contribution in [2.45, 2.75) is 57.9 Å². The average molecular weight is 572 g/mol. The Morgan fingerprint density at radius 1 is 1.07 bits per heavy atom. The van der Waals surface area contributed by atoms with Crippen molar-refractivity contribution < 1.29 is 28.3 Å². The van der Waals surface area contributed by atoms with E-state index in [1.165, 1.54) is 25.7 Å². The van der Waals surface area contributed by atoms with Crippen molar-refractivity contribution in [1.29, 1.82) is 0 Å². The lowest BCUT2D eigenvalue weighted by molar-refractivity contribution is -0.139. The second kappa shape index (κ2) is 15.4. The van der Waals surface area contributed by atoms with Crippen molar-refractivity contribution in [3.05, 3.63) is 65.9 Å². The highest BCUT2D eigenvalue weighted by Crippen LogP contribution is 2.44. The van der Waals surface area contributed by atoms with E-state index in [1.54, 1.807) is 6.92 Å². The van der Waals surface area contributed by atoms with Crippen LogP contribution < -0.4 is 15.1 Å². The number of H-pyrrole nitrogens is 1. The fourth-order valence-corrected chi connectivity index (χ4v) is 6.61. The Labute approximate surface area is 236 Å². The first kappa shape index (κ1) is 30.3. The molecule has 0 bridgehead atoms. The number of hydrogen-bond acceptors (Lipinski definition) is 6. The van der Waals surface area contributed by atoms with Gasteiger partial charge in [0.1, 0.15) is 11.8 Å². The number of fused-ring (bicyclic) bond motifs is 1. The van der Waals surface area contributed by atoms with Crippen molar-refractivity contribution in [3.8, 4) is 5.75 Å². The van der Waals surface area contributed by atoms with Crippen LogP contribution in [0.25, 0.3) is 10.9 Å². The largest absolute Gasteiger partial charge is 0.494 e. The summed E-state index contributed by atoms with van der Waals surface area (Å²) in [6.07, 6.45) is 8.50. The maximum absolute atomic E-state index is 13.4. The zero-order valence-corrected chi connectivity index (χ0v) is 24.2. The van der Waals surface area contributed by atoms with Gasteiger partial charge in [-0.25, -0.2) is 9.65 Å². The summed E-state index contributed by atoms with van der Waals surface area (Å²) in [6, 6.07) is 14.1. The highest BCUT2D eigenvalue weighted by atomic mass is 31.2. The van der Waals surface area contributed by atoms with Crippen LogP contribution in [0.5, 0.6) is 5.75 Å². The number of piperidine rings is 1. The summed E-state index contributed by atoms with van der Waals surface area (Å²) in [5.41, 5.74) is 2.82. The quantitative estimate of drug-likeness (QED) is 0.120. The number of benzene rings is 2. The van der Waals surface area contributed by atoms with Crippen molar-refractivity contribution in [3.63, 3.8) is 0 Å². The zero-order chi connectivity index (χ0) is 28.2. The Bertz CT molecular complexity index is 1240. The molecular weight excluding hydrogens is 529 g/mol. The van der Waals surface area contributed by atoms with E-state index in [2.05, 4.69) is 15.4 Å². The van der Waals surface area contributed by atoms with Crippen LogP contribution in [0, 0.1) is 5.92 Å². The molecule has 2 heterocycles. The number of aromatic amines is 1. The van der Waals surface area contributed by atoms with Gasteiger partial charge in [0.05, 0.1) is 19.8 Å². The van der Waals surface area contributed by atoms with Gasteiger partial charge in [0, 0.05) is 17.1 Å². The summed E-state index contributed by atoms with van der Waals surface area (Å²) in [5, 5.41) is 17.0. The Balaban J connectivity index is 1.25. The van der Waals surface area contributed by atoms with E-state index in [0.717, 1.165) is 53.2 Å². The lowest BCUT2D eigenvalue weighted by Crippen LogP contribution is -2.37. The molecular formula is C30H42N3O6P. The number of carboxylic acids is 1. The molecule has 2 atom stereocenters. The number of carboxylic acid groups (broad SMARTS) is 1. The van der Waals surface area contributed by atoms with Crippen molar-refractivity contribution in [2.75, 3.05) is 32.9 Å². The molecule has 1 unspecified atom stereocenters. The molecule has 0 aliphatic carbocycles. The molecule has 218 valence electrons. The van der Waals surface area contributed by atoms with Crippen LogP contribution in [-0.4, -0.2) is 55.0 Å². The van der Waals surface area contributed by atoms with Crippen LogP contribution in [0.3, 0.4) is 0 Å². The molecule has 0 radical (unpaired) electrons. The summed E-state index contributed by atoms with van der Waals surface area (Å²) in [4.78, 5) is 15.3. The third-order valence-corrected chi connectivity index (χ3v) is 9.06. The molecule has 4 N–H and O–H groups in total. The molecule has 2 aromatic carbocycles. The van der Waals surface area contributed by atoms with E-state index in [4.69, 9.17) is 13.8 Å². The predicted octanol–water partition coefficient (Wildman–Crippen LogP) is 5.71. The Morgan fingerprint density at radius 2 is 1.85 bits per heavy atom. The molecule has 9 nitrogen and oxygen atoms in total. The monoisotopic (exact) mass is 571 g/mol. The first-order chi connectivity index (χ1) is 19.5. The Kier molecular flexibility index (Phi) is 11.6. The van der Waals surface area contributed by atoms with Gasteiger partial charge < -0.3 is 20.1 Å². The highest BCUT2D eigenvalue weighted by Gasteiger charge is 2.32. The summed E-state index contributed by atoms with van der Waals surface area (Å²) in [6.45, 7) is 4.86. The molecule has 40 heavy (non-hydrogen) atoms. The molecule has 1 aliphatic heterocycles. The van der Waals surface area contributed by atoms with Gasteiger partial charge >= 0.3 is 13.7 Å². The number of ether oxygens (including phenoxy) is 1. The topological polar surface area (TPSA) is 122 Å². The smallest absolute Gasteiger partial charge is 0.406 e. The second-order valence-electron chi connectivity index (χ2n) is 10.3. The number of rotatable bonds is 17. The molecule has 4 rings (SSSR count). The minimum atomic E-state index is -3.86. The highest BCUT2D eigenvalue weighted by molar-refractivity contribution is 7.51. The Hall–Kier alpha value is -2.68. The Morgan fingerprint density at radius 3 is 2.60 bits per heavy atom. The number of para-hydroxylation sites is 1. The lowest BCUT2D eigenvalue weighted by Gasteiger charge is -2.23. The molecule has 0 amide bonds. The lowest BCUT2D eigenvalue weighted by atomic mass is 9.93. The minimum Gasteiger partial charge on any atom is -0.494 e. The summed E-state index contributed by atoms with van der Waals surface area (Å²) in [5.74, 6) is 0.458. The van der Waals surface area contributed by atoms with E-state index in [1.807, 2.05) is 54.7 Å². The van der Waals surface area contributed by atoms with Gasteiger partial charge in [0.2, 0.25) is 0 Å². The van der Waals surface area contributed by atoms with E-state index < -0.39 is 19.8 Å². The van der Waals surface area contributed by atoms with Gasteiger partial charge in [-0.15, -0.1) is 0 Å². The first-order valence-electron chi connectivity index (χ1n) is 14.3. The normalized spacial score (nSPS) is 16.5. The summed E-state index contributed by atoms with van der Waals surface area (Å²) >= 11 is 0. The number of unbranched alkanes of at least 4 members (excludes halogenated alkanes) is 1. The van der Waals surface area contributed by atoms with Crippen LogP contribution >= 0.6 is 7.75 Å². The van der Waals surface area contributed by atoms with E-state index >= 15 is 0 Å². The average Bonchev–Trinajstić information content (AvgIpc) is 3.37. The number of hydrogen-bond donors (Lipinski definition) is 4. The summed E-state index contributed by atoms with van der Waals surface area (Å²) < 4.78 is 30.3. The molecule has 1 fully saturated rings. The van der Waals surface area contributed by atoms with Crippen molar-refractivity contribution in [1.82, 2.24) is 15.4 Å². The van der Waals surface area contributed by atoms with E-state index in [9.17, 15) is 14.5 Å². The minimum absolute atomic E-state index is 0.113. The van der Waals surface area contributed by atoms with Gasteiger partial charge in [-0.1, -0.05) is 36.8 Å². The van der Waals surface area contributed by atoms with Gasteiger partial charge in [0.15, 0.2) is 0 Å². The molecule has 1 saturated heterocycles. The molecule has 0 spiro atoms. The molecule has 1 aliphatic rings. The van der Waals surface area contributed by atoms with E-state index in [0.29, 0.717) is 13.0 Å². The fraction of sp³-hybridized carbons (Fsp3) is 0.500. The number of aliphatic carboxylic acids is 1. The van der Waals surface area contributed by atoms with Crippen LogP contribution in [0.2, 0.25) is 0 Å². The number of carbonyl (C=O) groups is 1. The van der Waals surface area contributed by atoms with Gasteiger partial charge in [-0.2, -0.15) is 0 Å². The second-order valence-corrected chi connectivity index (χ2v) is 12.0. The molecule has 0 saturated carbocycles. The summed E-state index contributed by atoms with van der Waals surface area (Å²) in [7, 11) is -3.86. The van der Waals surface area contributed by atoms with Gasteiger partial charge in [0.25, 0.3) is 0 Å². The predicted molar refractivity (Wildman–Crippen MR) is 157 cm³/mol. The van der Waals surface area contributed by atoms with E-state index in [-0.39, 0.29) is 19.6 Å². The third-order valence-electron chi connectivity index (χ3n) is 7.32. The zero-order valence-electron chi connectivity index (χ0n) is 23.3. The SMILES string of the molecule is CCOP(=O)(N[C@@H](Cc1ccc(OCCCCC2CCNCC2)cc1)C(=O)O)OCCc1c[nH]c2ccccc12. The van der Waals surface area contributed by atoms with Gasteiger partial charge in [-0.3, -0.25) is 13.8 Å². The first-order valence-corrected chi connectivity index (χ1v) is 15.9. The molecule has 10 heteroatoms. The maximum atomic E-state index is 13.4. The van der Waals surface area contributed by atoms with Crippen LogP contribution in [0.1, 0.15) is 50.2 Å². The fourth-order valence-electron chi connectivity index (χ4n) is 5.13. The van der Waals surface area contributed by atoms with Crippen LogP contribution in [0.15, 0.2) is 54.7 Å². The van der Waals surface area contributed by atoms with Crippen molar-refractivity contribution in [2.24, 2.45) is 5.92 Å². The van der Waals surface area contributed by atoms with Crippen LogP contribution in [-0.2, 0) is 31.2 Å². The van der Waals surface area contributed by atoms with Gasteiger partial charge in [-0.05, 0) is 93.8 Å². The molecule has 1 aromatic heterocycles. The number of nitrogens with one attached hydrogen (secondary N) is 3. The third kappa shape index (κ3) is 9.18. The molecule has 3 aromatic rings. The van der Waals surface area contributed by atoms with Crippen molar-refractivity contribution >= 4 is 24.6 Å². The maximum Gasteiger partial charge on any atom is 0.406 e. The standard InChI is InChI=1S/C30H42N3O6P/c1-2-38-40(36,39-20-16-25-22-32-28-9-4-3-8-27(25)28)33-29(30(34)35)21-24-10-12-26(13-11-24)37-19-6-5-7-23-14-17-31-18-15-23/h3-4,8-13,22-23,29,31-32H,2,5-7,14-21H2,1H3,(H,33,36)(H,34,35)/t29-,40?/m0/s1.